The van der Waals surface area contributed by atoms with Crippen LogP contribution in [0.15, 0.2) is 23.2 Å². The summed E-state index contributed by atoms with van der Waals surface area (Å²) in [7, 11) is 3.92. The zero-order valence-electron chi connectivity index (χ0n) is 12.6. The van der Waals surface area contributed by atoms with Crippen LogP contribution in [0.3, 0.4) is 0 Å². The average molecular weight is 286 g/mol. The second-order valence-corrected chi connectivity index (χ2v) is 5.59. The molecule has 21 heavy (non-hydrogen) atoms. The molecular formula is C15H20N5O+. The van der Waals surface area contributed by atoms with E-state index in [4.69, 9.17) is 5.73 Å². The van der Waals surface area contributed by atoms with Gasteiger partial charge in [0.1, 0.15) is 0 Å². The number of carbonyl (C=O) groups is 1. The minimum atomic E-state index is -0.0268. The van der Waals surface area contributed by atoms with Crippen molar-refractivity contribution in [2.75, 3.05) is 37.8 Å². The van der Waals surface area contributed by atoms with Crippen LogP contribution in [0.4, 0.5) is 17.1 Å². The lowest BCUT2D eigenvalue weighted by Crippen LogP contribution is -2.30. The number of anilines is 2. The standard InChI is InChI=1S/C15H19N5O/c1-10-14(15(21)20-8-4-7-19(10)20)17-13-6-5-11(18(2)3)9-12(13)16/h5-6,9,16H,4,7-8H2,1-3H3/p+1. The van der Waals surface area contributed by atoms with Crippen molar-refractivity contribution >= 4 is 34.4 Å². The maximum absolute atomic E-state index is 12.4. The number of fused-ring (bicyclic) bond motifs is 1. The summed E-state index contributed by atoms with van der Waals surface area (Å²) in [4.78, 5) is 18.9. The largest absolute Gasteiger partial charge is 0.397 e. The molecule has 1 aromatic rings. The minimum absolute atomic E-state index is 0.0268. The van der Waals surface area contributed by atoms with E-state index < -0.39 is 0 Å². The van der Waals surface area contributed by atoms with Crippen LogP contribution >= 0.6 is 0 Å². The number of hydrogen-bond donors (Lipinski definition) is 1. The fourth-order valence-corrected chi connectivity index (χ4v) is 2.74. The van der Waals surface area contributed by atoms with Crippen molar-refractivity contribution in [1.82, 2.24) is 5.01 Å². The van der Waals surface area contributed by atoms with Crippen molar-refractivity contribution < 1.29 is 9.48 Å². The lowest BCUT2D eigenvalue weighted by atomic mass is 10.2. The van der Waals surface area contributed by atoms with E-state index >= 15 is 0 Å². The van der Waals surface area contributed by atoms with E-state index in [2.05, 4.69) is 4.99 Å². The highest BCUT2D eigenvalue weighted by Gasteiger charge is 2.45. The summed E-state index contributed by atoms with van der Waals surface area (Å²) in [5.41, 5.74) is 9.71. The second kappa shape index (κ2) is 4.87. The number of rotatable bonds is 2. The monoisotopic (exact) mass is 286 g/mol. The Balaban J connectivity index is 1.99. The van der Waals surface area contributed by atoms with E-state index in [0.29, 0.717) is 17.1 Å². The molecule has 0 aromatic heterocycles. The van der Waals surface area contributed by atoms with Crippen molar-refractivity contribution in [2.24, 2.45) is 4.99 Å². The van der Waals surface area contributed by atoms with Gasteiger partial charge in [-0.25, -0.2) is 4.99 Å². The molecule has 2 heterocycles. The number of carbonyl (C=O) groups excluding carboxylic acids is 1. The lowest BCUT2D eigenvalue weighted by molar-refractivity contribution is -0.641. The van der Waals surface area contributed by atoms with Crippen LogP contribution in [0.2, 0.25) is 0 Å². The van der Waals surface area contributed by atoms with E-state index in [1.165, 1.54) is 0 Å². The molecule has 0 atom stereocenters. The molecule has 2 aliphatic heterocycles. The first kappa shape index (κ1) is 13.6. The zero-order chi connectivity index (χ0) is 15.1. The number of amides is 1. The first-order valence-electron chi connectivity index (χ1n) is 7.08. The number of hydrazine groups is 1. The summed E-state index contributed by atoms with van der Waals surface area (Å²) in [6.07, 6.45) is 1.01. The molecule has 2 aliphatic rings. The molecule has 0 spiro atoms. The SMILES string of the molecule is CC1=[N+]2CCCN2C(=O)C1=Nc1ccc(N(C)C)cc1N. The van der Waals surface area contributed by atoms with Gasteiger partial charge in [-0.05, 0) is 18.2 Å². The number of hydrazone groups is 1. The summed E-state index contributed by atoms with van der Waals surface area (Å²) in [6, 6.07) is 5.68. The third kappa shape index (κ3) is 2.16. The summed E-state index contributed by atoms with van der Waals surface area (Å²) in [5, 5.41) is 1.76. The predicted octanol–water partition coefficient (Wildman–Crippen LogP) is 1.04. The van der Waals surface area contributed by atoms with E-state index in [0.717, 1.165) is 30.9 Å². The Kier molecular flexibility index (Phi) is 3.16. The van der Waals surface area contributed by atoms with Crippen LogP contribution in [0.5, 0.6) is 0 Å². The van der Waals surface area contributed by atoms with Gasteiger partial charge in [-0.3, -0.25) is 4.79 Å². The van der Waals surface area contributed by atoms with Crippen LogP contribution in [0.25, 0.3) is 0 Å². The molecule has 2 N–H and O–H groups in total. The van der Waals surface area contributed by atoms with Crippen LogP contribution in [0, 0.1) is 0 Å². The lowest BCUT2D eigenvalue weighted by Gasteiger charge is -2.13. The highest BCUT2D eigenvalue weighted by Crippen LogP contribution is 2.28. The Morgan fingerprint density at radius 3 is 2.76 bits per heavy atom. The predicted molar refractivity (Wildman–Crippen MR) is 84.4 cm³/mol. The number of hydrogen-bond acceptors (Lipinski definition) is 4. The summed E-state index contributed by atoms with van der Waals surface area (Å²) in [5.74, 6) is -0.0268. The highest BCUT2D eigenvalue weighted by atomic mass is 16.2. The number of nitrogens with two attached hydrogens (primary N) is 1. The van der Waals surface area contributed by atoms with Crippen molar-refractivity contribution in [3.05, 3.63) is 18.2 Å². The molecule has 0 unspecified atom stereocenters. The highest BCUT2D eigenvalue weighted by molar-refractivity contribution is 6.67. The third-order valence-corrected chi connectivity index (χ3v) is 3.96. The van der Waals surface area contributed by atoms with Gasteiger partial charge in [0, 0.05) is 33.1 Å². The van der Waals surface area contributed by atoms with Gasteiger partial charge < -0.3 is 10.6 Å². The summed E-state index contributed by atoms with van der Waals surface area (Å²) < 4.78 is 2.01. The molecule has 6 heteroatoms. The quantitative estimate of drug-likeness (QED) is 0.652. The molecule has 1 fully saturated rings. The summed E-state index contributed by atoms with van der Waals surface area (Å²) >= 11 is 0. The maximum atomic E-state index is 12.4. The Morgan fingerprint density at radius 1 is 1.38 bits per heavy atom. The van der Waals surface area contributed by atoms with E-state index in [9.17, 15) is 4.79 Å². The Morgan fingerprint density at radius 2 is 2.14 bits per heavy atom. The van der Waals surface area contributed by atoms with E-state index in [1.807, 2.05) is 48.8 Å². The van der Waals surface area contributed by atoms with Gasteiger partial charge in [0.2, 0.25) is 11.4 Å². The number of nitrogen functional groups attached to an aromatic ring is 1. The summed E-state index contributed by atoms with van der Waals surface area (Å²) in [6.45, 7) is 3.59. The zero-order valence-corrected chi connectivity index (χ0v) is 12.6. The maximum Gasteiger partial charge on any atom is 0.332 e. The molecule has 0 aliphatic carbocycles. The Labute approximate surface area is 124 Å². The molecule has 0 saturated carbocycles. The molecule has 0 bridgehead atoms. The van der Waals surface area contributed by atoms with Gasteiger partial charge in [-0.15, -0.1) is 9.69 Å². The van der Waals surface area contributed by atoms with Crippen LogP contribution in [-0.4, -0.2) is 54.2 Å². The number of benzene rings is 1. The normalized spacial score (nSPS) is 19.7. The number of nitrogens with zero attached hydrogens (tertiary/aromatic N) is 4. The molecular weight excluding hydrogens is 266 g/mol. The second-order valence-electron chi connectivity index (χ2n) is 5.59. The van der Waals surface area contributed by atoms with Gasteiger partial charge in [-0.2, -0.15) is 0 Å². The topological polar surface area (TPSA) is 64.9 Å². The van der Waals surface area contributed by atoms with Crippen molar-refractivity contribution in [3.63, 3.8) is 0 Å². The number of aliphatic imine (C=N–C) groups is 1. The molecule has 0 radical (unpaired) electrons. The van der Waals surface area contributed by atoms with Gasteiger partial charge in [0.25, 0.3) is 0 Å². The molecule has 1 saturated heterocycles. The van der Waals surface area contributed by atoms with Crippen LogP contribution < -0.4 is 10.6 Å². The molecule has 3 rings (SSSR count). The average Bonchev–Trinajstić information content (AvgIpc) is 3.00. The fraction of sp³-hybridized carbons (Fsp3) is 0.400. The van der Waals surface area contributed by atoms with Gasteiger partial charge >= 0.3 is 5.91 Å². The first-order valence-corrected chi connectivity index (χ1v) is 7.08. The van der Waals surface area contributed by atoms with Gasteiger partial charge in [0.15, 0.2) is 6.54 Å². The van der Waals surface area contributed by atoms with Gasteiger partial charge in [0.05, 0.1) is 17.9 Å². The Hall–Kier alpha value is -2.37. The minimum Gasteiger partial charge on any atom is -0.397 e. The van der Waals surface area contributed by atoms with Crippen molar-refractivity contribution in [2.45, 2.75) is 13.3 Å². The van der Waals surface area contributed by atoms with Crippen LogP contribution in [0.1, 0.15) is 13.3 Å². The van der Waals surface area contributed by atoms with E-state index in [-0.39, 0.29) is 5.91 Å². The van der Waals surface area contributed by atoms with Gasteiger partial charge in [-0.1, -0.05) is 0 Å². The van der Waals surface area contributed by atoms with E-state index in [1.54, 1.807) is 5.01 Å². The van der Waals surface area contributed by atoms with Crippen molar-refractivity contribution in [1.29, 1.82) is 0 Å². The smallest absolute Gasteiger partial charge is 0.332 e. The molecule has 1 amide bonds. The fourth-order valence-electron chi connectivity index (χ4n) is 2.74. The Bertz CT molecular complexity index is 675. The first-order chi connectivity index (χ1) is 9.99. The third-order valence-electron chi connectivity index (χ3n) is 3.96. The van der Waals surface area contributed by atoms with Crippen LogP contribution in [-0.2, 0) is 4.79 Å². The molecule has 6 nitrogen and oxygen atoms in total. The molecule has 110 valence electrons. The van der Waals surface area contributed by atoms with Crippen molar-refractivity contribution in [3.8, 4) is 0 Å². The molecule has 1 aromatic carbocycles.